The van der Waals surface area contributed by atoms with Crippen molar-refractivity contribution in [2.45, 2.75) is 38.4 Å². The van der Waals surface area contributed by atoms with Crippen molar-refractivity contribution >= 4 is 27.5 Å². The predicted octanol–water partition coefficient (Wildman–Crippen LogP) is 4.03. The lowest BCUT2D eigenvalue weighted by Gasteiger charge is -2.30. The summed E-state index contributed by atoms with van der Waals surface area (Å²) >= 11 is 6.11. The maximum Gasteiger partial charge on any atom is 0.223 e. The molecule has 6 nitrogen and oxygen atoms in total. The normalized spacial score (nSPS) is 15.4. The highest BCUT2D eigenvalue weighted by Crippen LogP contribution is 2.24. The number of nitrogens with one attached hydrogen (secondary N) is 1. The largest absolute Gasteiger partial charge is 0.494 e. The Labute approximate surface area is 196 Å². The van der Waals surface area contributed by atoms with Gasteiger partial charge in [0.1, 0.15) is 5.75 Å². The minimum atomic E-state index is -3.46. The summed E-state index contributed by atoms with van der Waals surface area (Å²) in [5.41, 5.74) is 1.74. The highest BCUT2D eigenvalue weighted by Gasteiger charge is 2.31. The second-order valence-electron chi connectivity index (χ2n) is 7.96. The molecule has 0 radical (unpaired) electrons. The van der Waals surface area contributed by atoms with E-state index in [2.05, 4.69) is 5.32 Å². The second kappa shape index (κ2) is 11.7. The van der Waals surface area contributed by atoms with E-state index in [0.29, 0.717) is 49.7 Å². The minimum absolute atomic E-state index is 0.00578. The molecule has 1 saturated heterocycles. The molecule has 1 heterocycles. The minimum Gasteiger partial charge on any atom is -0.494 e. The van der Waals surface area contributed by atoms with Gasteiger partial charge in [0.05, 0.1) is 12.4 Å². The summed E-state index contributed by atoms with van der Waals surface area (Å²) in [5.74, 6) is 0.627. The van der Waals surface area contributed by atoms with Crippen molar-refractivity contribution in [1.82, 2.24) is 9.62 Å². The first-order chi connectivity index (χ1) is 15.4. The lowest BCUT2D eigenvalue weighted by molar-refractivity contribution is -0.126. The van der Waals surface area contributed by atoms with Crippen LogP contribution in [-0.2, 0) is 27.0 Å². The van der Waals surface area contributed by atoms with Gasteiger partial charge in [0.25, 0.3) is 0 Å². The average molecular weight is 479 g/mol. The van der Waals surface area contributed by atoms with Gasteiger partial charge in [-0.1, -0.05) is 48.0 Å². The molecular weight excluding hydrogens is 448 g/mol. The molecule has 1 N–H and O–H groups in total. The molecule has 32 heavy (non-hydrogen) atoms. The molecule has 1 fully saturated rings. The van der Waals surface area contributed by atoms with Gasteiger partial charge in [-0.15, -0.1) is 0 Å². The molecule has 174 valence electrons. The number of carbonyl (C=O) groups excluding carboxylic acids is 1. The Balaban J connectivity index is 1.42. The number of sulfonamides is 1. The molecule has 0 spiro atoms. The molecule has 0 saturated carbocycles. The zero-order valence-corrected chi connectivity index (χ0v) is 20.0. The highest BCUT2D eigenvalue weighted by atomic mass is 35.5. The number of ether oxygens (including phenoxy) is 1. The van der Waals surface area contributed by atoms with E-state index in [-0.39, 0.29) is 17.6 Å². The van der Waals surface area contributed by atoms with Crippen molar-refractivity contribution in [3.05, 3.63) is 64.7 Å². The molecule has 3 rings (SSSR count). The van der Waals surface area contributed by atoms with Gasteiger partial charge >= 0.3 is 0 Å². The standard InChI is InChI=1S/C24H31ClN2O4S/c1-2-31-23-12-6-4-8-19(23)10-7-15-26-24(28)20-13-16-27(17-14-20)32(29,30)18-21-9-3-5-11-22(21)25/h3-6,8-9,11-12,20H,2,7,10,13-18H2,1H3,(H,26,28). The van der Waals surface area contributed by atoms with E-state index in [1.807, 2.05) is 31.2 Å². The van der Waals surface area contributed by atoms with Crippen molar-refractivity contribution in [3.8, 4) is 5.75 Å². The highest BCUT2D eigenvalue weighted by molar-refractivity contribution is 7.88. The molecule has 0 bridgehead atoms. The van der Waals surface area contributed by atoms with Crippen molar-refractivity contribution in [1.29, 1.82) is 0 Å². The van der Waals surface area contributed by atoms with Gasteiger partial charge < -0.3 is 10.1 Å². The van der Waals surface area contributed by atoms with Gasteiger partial charge in [-0.2, -0.15) is 0 Å². The van der Waals surface area contributed by atoms with Crippen LogP contribution in [0.15, 0.2) is 48.5 Å². The van der Waals surface area contributed by atoms with Crippen LogP contribution in [0.25, 0.3) is 0 Å². The van der Waals surface area contributed by atoms with E-state index >= 15 is 0 Å². The van der Waals surface area contributed by atoms with E-state index in [1.165, 1.54) is 4.31 Å². The predicted molar refractivity (Wildman–Crippen MR) is 127 cm³/mol. The number of para-hydroxylation sites is 1. The number of hydrogen-bond donors (Lipinski definition) is 1. The number of amides is 1. The monoisotopic (exact) mass is 478 g/mol. The van der Waals surface area contributed by atoms with Crippen LogP contribution in [0.4, 0.5) is 0 Å². The summed E-state index contributed by atoms with van der Waals surface area (Å²) in [5, 5.41) is 3.46. The quantitative estimate of drug-likeness (QED) is 0.523. The maximum atomic E-state index is 12.8. The topological polar surface area (TPSA) is 75.7 Å². The summed E-state index contributed by atoms with van der Waals surface area (Å²) < 4.78 is 32.6. The molecule has 1 aliphatic rings. The number of piperidine rings is 1. The summed E-state index contributed by atoms with van der Waals surface area (Å²) in [4.78, 5) is 12.5. The van der Waals surface area contributed by atoms with Gasteiger partial charge in [-0.25, -0.2) is 12.7 Å². The molecular formula is C24H31ClN2O4S. The van der Waals surface area contributed by atoms with Crippen LogP contribution < -0.4 is 10.1 Å². The molecule has 8 heteroatoms. The molecule has 0 aromatic heterocycles. The molecule has 0 aliphatic carbocycles. The SMILES string of the molecule is CCOc1ccccc1CCCNC(=O)C1CCN(S(=O)(=O)Cc2ccccc2Cl)CC1. The van der Waals surface area contributed by atoms with E-state index < -0.39 is 10.0 Å². The summed E-state index contributed by atoms with van der Waals surface area (Å²) in [7, 11) is -3.46. The first kappa shape index (κ1) is 24.6. The molecule has 2 aromatic rings. The van der Waals surface area contributed by atoms with Gasteiger partial charge in [0.2, 0.25) is 15.9 Å². The third kappa shape index (κ3) is 6.70. The molecule has 1 aliphatic heterocycles. The lowest BCUT2D eigenvalue weighted by Crippen LogP contribution is -2.43. The zero-order valence-electron chi connectivity index (χ0n) is 18.4. The number of benzene rings is 2. The van der Waals surface area contributed by atoms with Crippen LogP contribution in [0.5, 0.6) is 5.75 Å². The van der Waals surface area contributed by atoms with Crippen molar-refractivity contribution in [2.24, 2.45) is 5.92 Å². The van der Waals surface area contributed by atoms with Gasteiger partial charge in [-0.3, -0.25) is 4.79 Å². The van der Waals surface area contributed by atoms with Crippen LogP contribution in [0, 0.1) is 5.92 Å². The van der Waals surface area contributed by atoms with Crippen molar-refractivity contribution in [3.63, 3.8) is 0 Å². The second-order valence-corrected chi connectivity index (χ2v) is 10.3. The third-order valence-electron chi connectivity index (χ3n) is 5.71. The average Bonchev–Trinajstić information content (AvgIpc) is 2.79. The first-order valence-corrected chi connectivity index (χ1v) is 13.1. The summed E-state index contributed by atoms with van der Waals surface area (Å²) in [6.07, 6.45) is 2.71. The fourth-order valence-corrected chi connectivity index (χ4v) is 5.82. The Hall–Kier alpha value is -2.09. The molecule has 0 unspecified atom stereocenters. The third-order valence-corrected chi connectivity index (χ3v) is 7.90. The van der Waals surface area contributed by atoms with Crippen LogP contribution in [0.1, 0.15) is 37.3 Å². The zero-order chi connectivity index (χ0) is 23.0. The Bertz CT molecular complexity index is 1000. The fourth-order valence-electron chi connectivity index (χ4n) is 3.94. The fraction of sp³-hybridized carbons (Fsp3) is 0.458. The van der Waals surface area contributed by atoms with E-state index in [1.54, 1.807) is 24.3 Å². The van der Waals surface area contributed by atoms with E-state index in [0.717, 1.165) is 24.2 Å². The van der Waals surface area contributed by atoms with Gasteiger partial charge in [0.15, 0.2) is 0 Å². The number of nitrogens with zero attached hydrogens (tertiary/aromatic N) is 1. The Morgan fingerprint density at radius 2 is 1.75 bits per heavy atom. The van der Waals surface area contributed by atoms with Gasteiger partial charge in [0, 0.05) is 30.6 Å². The molecule has 2 aromatic carbocycles. The Morgan fingerprint density at radius 1 is 1.09 bits per heavy atom. The number of hydrogen-bond acceptors (Lipinski definition) is 4. The maximum absolute atomic E-state index is 12.8. The Kier molecular flexibility index (Phi) is 8.96. The first-order valence-electron chi connectivity index (χ1n) is 11.1. The van der Waals surface area contributed by atoms with E-state index in [4.69, 9.17) is 16.3 Å². The number of halogens is 1. The number of aryl methyl sites for hydroxylation is 1. The van der Waals surface area contributed by atoms with Gasteiger partial charge in [-0.05, 0) is 55.9 Å². The van der Waals surface area contributed by atoms with Crippen LogP contribution >= 0.6 is 11.6 Å². The molecule has 0 atom stereocenters. The van der Waals surface area contributed by atoms with Crippen molar-refractivity contribution < 1.29 is 17.9 Å². The molecule has 1 amide bonds. The van der Waals surface area contributed by atoms with Crippen LogP contribution in [0.2, 0.25) is 5.02 Å². The summed E-state index contributed by atoms with van der Waals surface area (Å²) in [6.45, 7) is 3.88. The van der Waals surface area contributed by atoms with E-state index in [9.17, 15) is 13.2 Å². The van der Waals surface area contributed by atoms with Crippen LogP contribution in [-0.4, -0.2) is 44.9 Å². The Morgan fingerprint density at radius 3 is 2.44 bits per heavy atom. The lowest BCUT2D eigenvalue weighted by atomic mass is 9.97. The summed E-state index contributed by atoms with van der Waals surface area (Å²) in [6, 6.07) is 14.9. The van der Waals surface area contributed by atoms with Crippen molar-refractivity contribution in [2.75, 3.05) is 26.2 Å². The van der Waals surface area contributed by atoms with Crippen LogP contribution in [0.3, 0.4) is 0 Å². The smallest absolute Gasteiger partial charge is 0.223 e. The number of carbonyl (C=O) groups is 1. The number of rotatable bonds is 10.